The first kappa shape index (κ1) is 21.2. The SMILES string of the molecule is CCCN(CCCc1ccc(C2(Cl)CC2)c(C2(Cl)CC2)c1)CCc1ccccc1. The van der Waals surface area contributed by atoms with Gasteiger partial charge in [0.15, 0.2) is 0 Å². The van der Waals surface area contributed by atoms with E-state index in [4.69, 9.17) is 23.2 Å². The Hall–Kier alpha value is -1.02. The van der Waals surface area contributed by atoms with Gasteiger partial charge in [0, 0.05) is 6.54 Å². The van der Waals surface area contributed by atoms with Gasteiger partial charge in [-0.25, -0.2) is 0 Å². The maximum absolute atomic E-state index is 6.84. The van der Waals surface area contributed by atoms with Crippen LogP contribution in [0.5, 0.6) is 0 Å². The summed E-state index contributed by atoms with van der Waals surface area (Å²) in [5, 5.41) is 0. The van der Waals surface area contributed by atoms with E-state index in [-0.39, 0.29) is 9.75 Å². The zero-order valence-corrected chi connectivity index (χ0v) is 19.1. The molecule has 3 heteroatoms. The fraction of sp³-hybridized carbons (Fsp3) is 0.538. The molecule has 2 aliphatic rings. The molecule has 0 spiro atoms. The summed E-state index contributed by atoms with van der Waals surface area (Å²) in [6.45, 7) is 5.75. The number of aryl methyl sites for hydroxylation is 1. The van der Waals surface area contributed by atoms with Crippen LogP contribution in [-0.2, 0) is 22.6 Å². The van der Waals surface area contributed by atoms with E-state index >= 15 is 0 Å². The minimum atomic E-state index is -0.139. The van der Waals surface area contributed by atoms with Crippen LogP contribution < -0.4 is 0 Å². The van der Waals surface area contributed by atoms with Crippen molar-refractivity contribution in [1.29, 1.82) is 0 Å². The number of nitrogens with zero attached hydrogens (tertiary/aromatic N) is 1. The van der Waals surface area contributed by atoms with Crippen LogP contribution in [0.1, 0.15) is 67.7 Å². The largest absolute Gasteiger partial charge is 0.303 e. The molecule has 0 amide bonds. The van der Waals surface area contributed by atoms with Crippen LogP contribution in [0, 0.1) is 0 Å². The summed E-state index contributed by atoms with van der Waals surface area (Å²) >= 11 is 13.6. The van der Waals surface area contributed by atoms with E-state index in [9.17, 15) is 0 Å². The zero-order valence-electron chi connectivity index (χ0n) is 17.6. The Labute approximate surface area is 186 Å². The van der Waals surface area contributed by atoms with Crippen LogP contribution in [0.3, 0.4) is 0 Å². The molecule has 0 unspecified atom stereocenters. The van der Waals surface area contributed by atoms with Gasteiger partial charge >= 0.3 is 0 Å². The summed E-state index contributed by atoms with van der Waals surface area (Å²) in [5.74, 6) is 0. The molecule has 4 rings (SSSR count). The number of hydrogen-bond acceptors (Lipinski definition) is 1. The number of halogens is 2. The zero-order chi connectivity index (χ0) is 20.3. The second-order valence-corrected chi connectivity index (χ2v) is 10.4. The van der Waals surface area contributed by atoms with Gasteiger partial charge in [0.25, 0.3) is 0 Å². The van der Waals surface area contributed by atoms with Gasteiger partial charge in [-0.05, 0) is 86.7 Å². The molecule has 29 heavy (non-hydrogen) atoms. The normalized spacial score (nSPS) is 18.8. The van der Waals surface area contributed by atoms with E-state index in [0.29, 0.717) is 0 Å². The van der Waals surface area contributed by atoms with Crippen molar-refractivity contribution in [2.24, 2.45) is 0 Å². The average Bonchev–Trinajstić information content (AvgIpc) is 3.66. The molecule has 1 nitrogen and oxygen atoms in total. The topological polar surface area (TPSA) is 3.24 Å². The molecule has 0 radical (unpaired) electrons. The van der Waals surface area contributed by atoms with Gasteiger partial charge < -0.3 is 4.90 Å². The first-order chi connectivity index (χ1) is 14.0. The minimum absolute atomic E-state index is 0.131. The maximum Gasteiger partial charge on any atom is 0.0699 e. The molecule has 0 aliphatic heterocycles. The number of benzene rings is 2. The molecule has 2 aromatic rings. The Morgan fingerprint density at radius 2 is 1.45 bits per heavy atom. The van der Waals surface area contributed by atoms with Crippen molar-refractivity contribution < 1.29 is 0 Å². The van der Waals surface area contributed by atoms with Crippen LogP contribution in [0.15, 0.2) is 48.5 Å². The van der Waals surface area contributed by atoms with Crippen molar-refractivity contribution in [3.63, 3.8) is 0 Å². The first-order valence-electron chi connectivity index (χ1n) is 11.3. The Kier molecular flexibility index (Phi) is 6.59. The van der Waals surface area contributed by atoms with Crippen LogP contribution in [0.4, 0.5) is 0 Å². The summed E-state index contributed by atoms with van der Waals surface area (Å²) in [4.78, 5) is 2.34. The Morgan fingerprint density at radius 1 is 0.759 bits per heavy atom. The molecule has 2 aromatic carbocycles. The fourth-order valence-electron chi connectivity index (χ4n) is 4.36. The van der Waals surface area contributed by atoms with Crippen LogP contribution in [0.25, 0.3) is 0 Å². The highest BCUT2D eigenvalue weighted by Crippen LogP contribution is 2.60. The highest BCUT2D eigenvalue weighted by Gasteiger charge is 2.50. The number of alkyl halides is 2. The molecule has 2 saturated carbocycles. The lowest BCUT2D eigenvalue weighted by Gasteiger charge is -2.22. The van der Waals surface area contributed by atoms with Gasteiger partial charge in [0.2, 0.25) is 0 Å². The van der Waals surface area contributed by atoms with Crippen LogP contribution in [0.2, 0.25) is 0 Å². The van der Waals surface area contributed by atoms with Gasteiger partial charge in [-0.15, -0.1) is 23.2 Å². The maximum atomic E-state index is 6.84. The third-order valence-corrected chi connectivity index (χ3v) is 7.63. The second kappa shape index (κ2) is 9.00. The lowest BCUT2D eigenvalue weighted by molar-refractivity contribution is 0.274. The highest BCUT2D eigenvalue weighted by atomic mass is 35.5. The highest BCUT2D eigenvalue weighted by molar-refractivity contribution is 6.28. The quantitative estimate of drug-likeness (QED) is 0.346. The van der Waals surface area contributed by atoms with Gasteiger partial charge in [0.1, 0.15) is 0 Å². The van der Waals surface area contributed by atoms with E-state index in [1.54, 1.807) is 0 Å². The molecular formula is C26H33Cl2N. The minimum Gasteiger partial charge on any atom is -0.303 e. The molecule has 0 bridgehead atoms. The van der Waals surface area contributed by atoms with Crippen LogP contribution >= 0.6 is 23.2 Å². The van der Waals surface area contributed by atoms with Gasteiger partial charge in [-0.2, -0.15) is 0 Å². The summed E-state index contributed by atoms with van der Waals surface area (Å²) in [5.41, 5.74) is 5.46. The van der Waals surface area contributed by atoms with E-state index in [2.05, 4.69) is 60.4 Å². The van der Waals surface area contributed by atoms with E-state index in [1.807, 2.05) is 0 Å². The Balaban J connectivity index is 1.34. The van der Waals surface area contributed by atoms with Gasteiger partial charge in [-0.1, -0.05) is 55.5 Å². The molecule has 0 atom stereocenters. The number of hydrogen-bond donors (Lipinski definition) is 0. The standard InChI is InChI=1S/C26H33Cl2N/c1-2-17-29(19-12-21-7-4-3-5-8-21)18-6-9-22-10-11-23(25(27)13-14-25)24(20-22)26(28)15-16-26/h3-5,7-8,10-11,20H,2,6,9,12-19H2,1H3. The Bertz CT molecular complexity index is 809. The summed E-state index contributed by atoms with van der Waals surface area (Å²) in [6, 6.07) is 17.8. The molecule has 0 saturated heterocycles. The fourth-order valence-corrected chi connectivity index (χ4v) is 4.87. The lowest BCUT2D eigenvalue weighted by Crippen LogP contribution is -2.28. The molecule has 156 valence electrons. The molecule has 2 aliphatic carbocycles. The van der Waals surface area contributed by atoms with Crippen molar-refractivity contribution in [3.05, 3.63) is 70.8 Å². The van der Waals surface area contributed by atoms with Crippen molar-refractivity contribution in [2.45, 2.75) is 68.0 Å². The molecule has 0 heterocycles. The number of rotatable bonds is 11. The summed E-state index contributed by atoms with van der Waals surface area (Å²) < 4.78 is 0. The van der Waals surface area contributed by atoms with Crippen molar-refractivity contribution >= 4 is 23.2 Å². The lowest BCUT2D eigenvalue weighted by atomic mass is 9.94. The Morgan fingerprint density at radius 3 is 2.10 bits per heavy atom. The van der Waals surface area contributed by atoms with E-state index < -0.39 is 0 Å². The van der Waals surface area contributed by atoms with Crippen molar-refractivity contribution in [2.75, 3.05) is 19.6 Å². The molecule has 2 fully saturated rings. The third-order valence-electron chi connectivity index (χ3n) is 6.47. The monoisotopic (exact) mass is 429 g/mol. The van der Waals surface area contributed by atoms with Crippen LogP contribution in [-0.4, -0.2) is 24.5 Å². The molecule has 0 N–H and O–H groups in total. The van der Waals surface area contributed by atoms with E-state index in [1.165, 1.54) is 41.6 Å². The first-order valence-corrected chi connectivity index (χ1v) is 12.1. The van der Waals surface area contributed by atoms with Gasteiger partial charge in [0.05, 0.1) is 9.75 Å². The van der Waals surface area contributed by atoms with Crippen molar-refractivity contribution in [1.82, 2.24) is 4.90 Å². The molecular weight excluding hydrogens is 397 g/mol. The second-order valence-electron chi connectivity index (χ2n) is 8.99. The average molecular weight is 430 g/mol. The van der Waals surface area contributed by atoms with Gasteiger partial charge in [-0.3, -0.25) is 0 Å². The predicted octanol–water partition coefficient (Wildman–Crippen LogP) is 7.03. The van der Waals surface area contributed by atoms with E-state index in [0.717, 1.165) is 51.6 Å². The smallest absolute Gasteiger partial charge is 0.0699 e. The third kappa shape index (κ3) is 5.37. The predicted molar refractivity (Wildman–Crippen MR) is 125 cm³/mol. The summed E-state index contributed by atoms with van der Waals surface area (Å²) in [6.07, 6.45) is 8.98. The molecule has 0 aromatic heterocycles. The van der Waals surface area contributed by atoms with Crippen molar-refractivity contribution in [3.8, 4) is 0 Å². The summed E-state index contributed by atoms with van der Waals surface area (Å²) in [7, 11) is 0.